The van der Waals surface area contributed by atoms with E-state index in [9.17, 15) is 0 Å². The third-order valence-corrected chi connectivity index (χ3v) is 2.61. The standard InChI is InChI=1S/C10H12ClN3/c1-2-7(12)8-5-6-3-4-13-9(6)10(11)14-8/h3-5,7,13H,2,12H2,1H3. The lowest BCUT2D eigenvalue weighted by Crippen LogP contribution is -2.10. The third-order valence-electron chi connectivity index (χ3n) is 2.34. The Morgan fingerprint density at radius 3 is 3.14 bits per heavy atom. The molecule has 0 aliphatic carbocycles. The number of pyridine rings is 1. The molecular weight excluding hydrogens is 198 g/mol. The molecular formula is C10H12ClN3. The number of H-pyrrole nitrogens is 1. The minimum absolute atomic E-state index is 0.0354. The van der Waals surface area contributed by atoms with Gasteiger partial charge in [0.05, 0.1) is 11.2 Å². The molecule has 0 bridgehead atoms. The molecule has 2 heterocycles. The van der Waals surface area contributed by atoms with Gasteiger partial charge in [-0.25, -0.2) is 4.98 Å². The van der Waals surface area contributed by atoms with E-state index in [0.29, 0.717) is 5.15 Å². The molecule has 14 heavy (non-hydrogen) atoms. The van der Waals surface area contributed by atoms with Crippen molar-refractivity contribution in [1.29, 1.82) is 0 Å². The number of aromatic nitrogens is 2. The van der Waals surface area contributed by atoms with Crippen LogP contribution in [0.15, 0.2) is 18.3 Å². The molecule has 0 radical (unpaired) electrons. The molecule has 3 nitrogen and oxygen atoms in total. The van der Waals surface area contributed by atoms with E-state index >= 15 is 0 Å². The summed E-state index contributed by atoms with van der Waals surface area (Å²) < 4.78 is 0. The van der Waals surface area contributed by atoms with Crippen molar-refractivity contribution in [3.05, 3.63) is 29.2 Å². The largest absolute Gasteiger partial charge is 0.359 e. The van der Waals surface area contributed by atoms with Crippen LogP contribution in [-0.4, -0.2) is 9.97 Å². The van der Waals surface area contributed by atoms with Crippen LogP contribution in [0.5, 0.6) is 0 Å². The first-order valence-corrected chi connectivity index (χ1v) is 4.99. The lowest BCUT2D eigenvalue weighted by molar-refractivity contribution is 0.677. The molecule has 1 unspecified atom stereocenters. The maximum absolute atomic E-state index is 6.01. The lowest BCUT2D eigenvalue weighted by Gasteiger charge is -2.08. The maximum atomic E-state index is 6.01. The fourth-order valence-electron chi connectivity index (χ4n) is 1.44. The number of hydrogen-bond donors (Lipinski definition) is 2. The Bertz CT molecular complexity index is 450. The normalized spacial score (nSPS) is 13.4. The molecule has 0 aliphatic rings. The van der Waals surface area contributed by atoms with Gasteiger partial charge in [-0.05, 0) is 18.6 Å². The van der Waals surface area contributed by atoms with E-state index in [2.05, 4.69) is 9.97 Å². The predicted molar refractivity (Wildman–Crippen MR) is 58.3 cm³/mol. The Hall–Kier alpha value is -1.06. The van der Waals surface area contributed by atoms with E-state index in [1.165, 1.54) is 0 Å². The maximum Gasteiger partial charge on any atom is 0.153 e. The quantitative estimate of drug-likeness (QED) is 0.748. The molecule has 0 aliphatic heterocycles. The summed E-state index contributed by atoms with van der Waals surface area (Å²) in [6.07, 6.45) is 2.71. The molecule has 3 N–H and O–H groups in total. The highest BCUT2D eigenvalue weighted by Gasteiger charge is 2.09. The third kappa shape index (κ3) is 1.49. The monoisotopic (exact) mass is 209 g/mol. The zero-order valence-corrected chi connectivity index (χ0v) is 8.67. The Labute approximate surface area is 87.3 Å². The van der Waals surface area contributed by atoms with E-state index in [1.807, 2.05) is 25.3 Å². The highest BCUT2D eigenvalue weighted by molar-refractivity contribution is 6.33. The van der Waals surface area contributed by atoms with Gasteiger partial charge in [0, 0.05) is 17.6 Å². The zero-order valence-electron chi connectivity index (χ0n) is 7.92. The van der Waals surface area contributed by atoms with Gasteiger partial charge in [-0.1, -0.05) is 18.5 Å². The first-order chi connectivity index (χ1) is 6.72. The topological polar surface area (TPSA) is 54.7 Å². The van der Waals surface area contributed by atoms with E-state index in [0.717, 1.165) is 23.0 Å². The molecule has 0 saturated heterocycles. The SMILES string of the molecule is CCC(N)c1cc2cc[nH]c2c(Cl)n1. The van der Waals surface area contributed by atoms with Crippen LogP contribution in [0.2, 0.25) is 5.15 Å². The smallest absolute Gasteiger partial charge is 0.153 e. The van der Waals surface area contributed by atoms with Gasteiger partial charge in [-0.3, -0.25) is 0 Å². The van der Waals surface area contributed by atoms with E-state index in [1.54, 1.807) is 0 Å². The molecule has 2 aromatic heterocycles. The molecule has 0 fully saturated rings. The lowest BCUT2D eigenvalue weighted by atomic mass is 10.1. The van der Waals surface area contributed by atoms with Crippen molar-refractivity contribution in [3.63, 3.8) is 0 Å². The highest BCUT2D eigenvalue weighted by atomic mass is 35.5. The van der Waals surface area contributed by atoms with Crippen molar-refractivity contribution >= 4 is 22.5 Å². The number of halogens is 1. The molecule has 1 atom stereocenters. The highest BCUT2D eigenvalue weighted by Crippen LogP contribution is 2.23. The van der Waals surface area contributed by atoms with Gasteiger partial charge in [0.25, 0.3) is 0 Å². The van der Waals surface area contributed by atoms with Crippen molar-refractivity contribution in [2.24, 2.45) is 5.73 Å². The van der Waals surface area contributed by atoms with Crippen LogP contribution in [0.25, 0.3) is 10.9 Å². The minimum atomic E-state index is -0.0354. The van der Waals surface area contributed by atoms with Crippen molar-refractivity contribution in [2.75, 3.05) is 0 Å². The van der Waals surface area contributed by atoms with Gasteiger partial charge in [0.2, 0.25) is 0 Å². The molecule has 2 aromatic rings. The fraction of sp³-hybridized carbons (Fsp3) is 0.300. The van der Waals surface area contributed by atoms with Crippen molar-refractivity contribution in [1.82, 2.24) is 9.97 Å². The molecule has 2 rings (SSSR count). The molecule has 0 spiro atoms. The molecule has 4 heteroatoms. The summed E-state index contributed by atoms with van der Waals surface area (Å²) in [6.45, 7) is 2.03. The van der Waals surface area contributed by atoms with Crippen LogP contribution in [0.4, 0.5) is 0 Å². The van der Waals surface area contributed by atoms with Crippen molar-refractivity contribution < 1.29 is 0 Å². The van der Waals surface area contributed by atoms with E-state index in [4.69, 9.17) is 17.3 Å². The van der Waals surface area contributed by atoms with Crippen LogP contribution < -0.4 is 5.73 Å². The summed E-state index contributed by atoms with van der Waals surface area (Å²) in [4.78, 5) is 7.29. The second-order valence-electron chi connectivity index (χ2n) is 3.29. The number of nitrogens with zero attached hydrogens (tertiary/aromatic N) is 1. The summed E-state index contributed by atoms with van der Waals surface area (Å²) in [7, 11) is 0. The summed E-state index contributed by atoms with van der Waals surface area (Å²) >= 11 is 6.01. The first-order valence-electron chi connectivity index (χ1n) is 4.61. The van der Waals surface area contributed by atoms with Gasteiger partial charge in [-0.15, -0.1) is 0 Å². The van der Waals surface area contributed by atoms with Crippen LogP contribution in [0.1, 0.15) is 25.1 Å². The Morgan fingerprint density at radius 1 is 1.64 bits per heavy atom. The van der Waals surface area contributed by atoms with Crippen LogP contribution in [-0.2, 0) is 0 Å². The van der Waals surface area contributed by atoms with E-state index in [-0.39, 0.29) is 6.04 Å². The number of fused-ring (bicyclic) bond motifs is 1. The van der Waals surface area contributed by atoms with Gasteiger partial charge in [0.1, 0.15) is 0 Å². The Balaban J connectivity index is 2.58. The van der Waals surface area contributed by atoms with Gasteiger partial charge < -0.3 is 10.7 Å². The second kappa shape index (κ2) is 3.59. The van der Waals surface area contributed by atoms with Gasteiger partial charge >= 0.3 is 0 Å². The Kier molecular flexibility index (Phi) is 2.44. The van der Waals surface area contributed by atoms with Crippen LogP contribution in [0.3, 0.4) is 0 Å². The van der Waals surface area contributed by atoms with Crippen LogP contribution >= 0.6 is 11.6 Å². The van der Waals surface area contributed by atoms with Crippen molar-refractivity contribution in [2.45, 2.75) is 19.4 Å². The number of nitrogens with one attached hydrogen (secondary N) is 1. The summed E-state index contributed by atoms with van der Waals surface area (Å²) in [6, 6.07) is 3.91. The average Bonchev–Trinajstić information content (AvgIpc) is 2.64. The summed E-state index contributed by atoms with van der Waals surface area (Å²) in [5.41, 5.74) is 7.62. The number of aromatic amines is 1. The molecule has 0 aromatic carbocycles. The Morgan fingerprint density at radius 2 is 2.43 bits per heavy atom. The zero-order chi connectivity index (χ0) is 10.1. The minimum Gasteiger partial charge on any atom is -0.359 e. The van der Waals surface area contributed by atoms with Crippen molar-refractivity contribution in [3.8, 4) is 0 Å². The second-order valence-corrected chi connectivity index (χ2v) is 3.65. The summed E-state index contributed by atoms with van der Waals surface area (Å²) in [5.74, 6) is 0. The first kappa shape index (κ1) is 9.49. The summed E-state index contributed by atoms with van der Waals surface area (Å²) in [5, 5.41) is 1.55. The number of nitrogens with two attached hydrogens (primary N) is 1. The number of rotatable bonds is 2. The van der Waals surface area contributed by atoms with Crippen LogP contribution in [0, 0.1) is 0 Å². The fourth-order valence-corrected chi connectivity index (χ4v) is 1.70. The predicted octanol–water partition coefficient (Wildman–Crippen LogP) is 2.63. The number of hydrogen-bond acceptors (Lipinski definition) is 2. The van der Waals surface area contributed by atoms with E-state index < -0.39 is 0 Å². The van der Waals surface area contributed by atoms with Gasteiger partial charge in [0.15, 0.2) is 5.15 Å². The molecule has 74 valence electrons. The average molecular weight is 210 g/mol. The molecule has 0 saturated carbocycles. The van der Waals surface area contributed by atoms with Gasteiger partial charge in [-0.2, -0.15) is 0 Å². The molecule has 0 amide bonds.